The number of carbonyl (C=O) groups excluding carboxylic acids is 2. The molecule has 3 amide bonds. The van der Waals surface area contributed by atoms with Crippen molar-refractivity contribution in [1.82, 2.24) is 19.6 Å². The van der Waals surface area contributed by atoms with Gasteiger partial charge in [-0.25, -0.2) is 9.18 Å². The van der Waals surface area contributed by atoms with Crippen LogP contribution in [0.2, 0.25) is 0 Å². The van der Waals surface area contributed by atoms with Crippen molar-refractivity contribution in [3.63, 3.8) is 0 Å². The maximum atomic E-state index is 13.7. The zero-order valence-electron chi connectivity index (χ0n) is 15.0. The highest BCUT2D eigenvalue weighted by Crippen LogP contribution is 2.18. The molecule has 0 spiro atoms. The molecule has 1 saturated heterocycles. The Hall–Kier alpha value is -2.90. The van der Waals surface area contributed by atoms with Crippen molar-refractivity contribution < 1.29 is 14.0 Å². The molecule has 2 aliphatic heterocycles. The number of aromatic nitrogens is 2. The third-order valence-electron chi connectivity index (χ3n) is 5.10. The summed E-state index contributed by atoms with van der Waals surface area (Å²) in [6.07, 6.45) is 3.19. The second-order valence-electron chi connectivity index (χ2n) is 6.89. The Balaban J connectivity index is 1.34. The molecular weight excluding hydrogens is 349 g/mol. The highest BCUT2D eigenvalue weighted by molar-refractivity contribution is 5.93. The van der Waals surface area contributed by atoms with E-state index in [0.29, 0.717) is 31.9 Å². The van der Waals surface area contributed by atoms with E-state index in [9.17, 15) is 14.0 Å². The minimum Gasteiger partial charge on any atom is -0.334 e. The summed E-state index contributed by atoms with van der Waals surface area (Å²) in [6, 6.07) is 7.59. The Kier molecular flexibility index (Phi) is 4.79. The zero-order chi connectivity index (χ0) is 18.8. The number of piperazine rings is 1. The molecule has 0 bridgehead atoms. The first-order valence-electron chi connectivity index (χ1n) is 9.28. The van der Waals surface area contributed by atoms with Crippen LogP contribution in [0.1, 0.15) is 29.0 Å². The van der Waals surface area contributed by atoms with Crippen LogP contribution in [0.3, 0.4) is 0 Å². The molecule has 8 heteroatoms. The third-order valence-corrected chi connectivity index (χ3v) is 5.10. The second-order valence-corrected chi connectivity index (χ2v) is 6.89. The number of urea groups is 1. The molecule has 0 radical (unpaired) electrons. The van der Waals surface area contributed by atoms with Gasteiger partial charge in [0.2, 0.25) is 0 Å². The van der Waals surface area contributed by atoms with E-state index in [2.05, 4.69) is 10.4 Å². The summed E-state index contributed by atoms with van der Waals surface area (Å²) in [6.45, 7) is 2.54. The van der Waals surface area contributed by atoms with Crippen LogP contribution in [0, 0.1) is 5.82 Å². The van der Waals surface area contributed by atoms with Crippen LogP contribution < -0.4 is 5.32 Å². The number of anilines is 1. The van der Waals surface area contributed by atoms with Crippen LogP contribution in [-0.2, 0) is 13.0 Å². The number of nitrogens with one attached hydrogen (secondary N) is 1. The molecule has 0 saturated carbocycles. The van der Waals surface area contributed by atoms with Crippen molar-refractivity contribution in [2.75, 3.05) is 31.5 Å². The summed E-state index contributed by atoms with van der Waals surface area (Å²) in [4.78, 5) is 28.4. The average Bonchev–Trinajstić information content (AvgIpc) is 3.13. The Labute approximate surface area is 156 Å². The maximum absolute atomic E-state index is 13.7. The number of aryl methyl sites for hydroxylation is 2. The number of fused-ring (bicyclic) bond motifs is 1. The summed E-state index contributed by atoms with van der Waals surface area (Å²) in [5.41, 5.74) is 1.76. The predicted molar refractivity (Wildman–Crippen MR) is 98.1 cm³/mol. The van der Waals surface area contributed by atoms with Crippen molar-refractivity contribution >= 4 is 17.6 Å². The quantitative estimate of drug-likeness (QED) is 0.881. The molecule has 27 heavy (non-hydrogen) atoms. The fourth-order valence-electron chi connectivity index (χ4n) is 3.55. The first kappa shape index (κ1) is 17.5. The minimum atomic E-state index is -0.469. The zero-order valence-corrected chi connectivity index (χ0v) is 15.0. The van der Waals surface area contributed by atoms with Gasteiger partial charge in [-0.3, -0.25) is 9.48 Å². The summed E-state index contributed by atoms with van der Waals surface area (Å²) in [7, 11) is 0. The van der Waals surface area contributed by atoms with E-state index < -0.39 is 5.82 Å². The monoisotopic (exact) mass is 371 g/mol. The summed E-state index contributed by atoms with van der Waals surface area (Å²) < 4.78 is 15.6. The molecule has 4 rings (SSSR count). The number of hydrogen-bond acceptors (Lipinski definition) is 3. The lowest BCUT2D eigenvalue weighted by molar-refractivity contribution is 0.0665. The van der Waals surface area contributed by atoms with E-state index in [0.717, 1.165) is 31.5 Å². The fourth-order valence-corrected chi connectivity index (χ4v) is 3.55. The minimum absolute atomic E-state index is 0.0916. The number of amides is 3. The average molecular weight is 371 g/mol. The smallest absolute Gasteiger partial charge is 0.322 e. The summed E-state index contributed by atoms with van der Waals surface area (Å²) in [5.74, 6) is -0.561. The lowest BCUT2D eigenvalue weighted by Gasteiger charge is -2.34. The fraction of sp³-hybridized carbons (Fsp3) is 0.421. The van der Waals surface area contributed by atoms with Crippen molar-refractivity contribution in [3.05, 3.63) is 47.5 Å². The lowest BCUT2D eigenvalue weighted by atomic mass is 10.1. The van der Waals surface area contributed by atoms with Crippen LogP contribution >= 0.6 is 0 Å². The van der Waals surface area contributed by atoms with Gasteiger partial charge in [-0.05, 0) is 37.5 Å². The molecule has 142 valence electrons. The molecule has 0 aliphatic carbocycles. The van der Waals surface area contributed by atoms with Gasteiger partial charge < -0.3 is 15.1 Å². The van der Waals surface area contributed by atoms with E-state index in [1.54, 1.807) is 21.9 Å². The Morgan fingerprint density at radius 3 is 2.48 bits per heavy atom. The third kappa shape index (κ3) is 3.65. The predicted octanol–water partition coefficient (Wildman–Crippen LogP) is 2.35. The molecule has 1 fully saturated rings. The van der Waals surface area contributed by atoms with Crippen LogP contribution in [0.25, 0.3) is 0 Å². The number of rotatable bonds is 2. The second kappa shape index (κ2) is 7.38. The first-order valence-corrected chi connectivity index (χ1v) is 9.28. The summed E-state index contributed by atoms with van der Waals surface area (Å²) in [5, 5.41) is 7.02. The number of halogens is 1. The largest absolute Gasteiger partial charge is 0.334 e. The van der Waals surface area contributed by atoms with Crippen LogP contribution in [0.5, 0.6) is 0 Å². The molecule has 3 heterocycles. The van der Waals surface area contributed by atoms with Crippen molar-refractivity contribution in [3.8, 4) is 0 Å². The van der Waals surface area contributed by atoms with E-state index >= 15 is 0 Å². The van der Waals surface area contributed by atoms with E-state index in [-0.39, 0.29) is 17.6 Å². The number of carbonyl (C=O) groups is 2. The van der Waals surface area contributed by atoms with Crippen LogP contribution in [0.4, 0.5) is 14.9 Å². The van der Waals surface area contributed by atoms with Crippen LogP contribution in [0.15, 0.2) is 30.3 Å². The Morgan fingerprint density at radius 1 is 1.00 bits per heavy atom. The standard InChI is InChI=1S/C19H22FN5O2/c20-15-6-1-2-7-16(15)21-19(27)24-11-9-23(10-12-24)18(26)17-13-14-5-3-4-8-25(14)22-17/h1-2,6-7,13H,3-5,8-12H2,(H,21,27). The van der Waals surface area contributed by atoms with E-state index in [4.69, 9.17) is 0 Å². The Bertz CT molecular complexity index is 834. The number of benzene rings is 1. The van der Waals surface area contributed by atoms with Gasteiger partial charge in [0.15, 0.2) is 5.69 Å². The van der Waals surface area contributed by atoms with Gasteiger partial charge >= 0.3 is 6.03 Å². The van der Waals surface area contributed by atoms with Gasteiger partial charge in [0, 0.05) is 38.4 Å². The maximum Gasteiger partial charge on any atom is 0.322 e. The molecule has 2 aromatic rings. The topological polar surface area (TPSA) is 70.5 Å². The van der Waals surface area contributed by atoms with Gasteiger partial charge in [-0.2, -0.15) is 5.10 Å². The van der Waals surface area contributed by atoms with Crippen LogP contribution in [-0.4, -0.2) is 57.7 Å². The SMILES string of the molecule is O=C(Nc1ccccc1F)N1CCN(C(=O)c2cc3n(n2)CCCC3)CC1. The van der Waals surface area contributed by atoms with Crippen molar-refractivity contribution in [2.45, 2.75) is 25.8 Å². The first-order chi connectivity index (χ1) is 13.1. The molecule has 2 aliphatic rings. The van der Waals surface area contributed by atoms with Gasteiger partial charge in [0.25, 0.3) is 5.91 Å². The molecule has 0 atom stereocenters. The highest BCUT2D eigenvalue weighted by Gasteiger charge is 2.27. The number of para-hydroxylation sites is 1. The molecular formula is C19H22FN5O2. The van der Waals surface area contributed by atoms with E-state index in [1.165, 1.54) is 12.1 Å². The molecule has 1 N–H and O–H groups in total. The van der Waals surface area contributed by atoms with Crippen molar-refractivity contribution in [1.29, 1.82) is 0 Å². The number of nitrogens with zero attached hydrogens (tertiary/aromatic N) is 4. The Morgan fingerprint density at radius 2 is 1.74 bits per heavy atom. The molecule has 7 nitrogen and oxygen atoms in total. The van der Waals surface area contributed by atoms with Gasteiger partial charge in [-0.1, -0.05) is 12.1 Å². The number of hydrogen-bond donors (Lipinski definition) is 1. The van der Waals surface area contributed by atoms with Gasteiger partial charge in [-0.15, -0.1) is 0 Å². The van der Waals surface area contributed by atoms with Gasteiger partial charge in [0.05, 0.1) is 5.69 Å². The molecule has 0 unspecified atom stereocenters. The van der Waals surface area contributed by atoms with Crippen molar-refractivity contribution in [2.24, 2.45) is 0 Å². The normalized spacial score (nSPS) is 16.8. The molecule has 1 aromatic heterocycles. The highest BCUT2D eigenvalue weighted by atomic mass is 19.1. The molecule has 1 aromatic carbocycles. The van der Waals surface area contributed by atoms with Gasteiger partial charge in [0.1, 0.15) is 5.82 Å². The summed E-state index contributed by atoms with van der Waals surface area (Å²) >= 11 is 0. The van der Waals surface area contributed by atoms with E-state index in [1.807, 2.05) is 10.7 Å². The lowest BCUT2D eigenvalue weighted by Crippen LogP contribution is -2.51.